The van der Waals surface area contributed by atoms with E-state index in [1.165, 1.54) is 28.5 Å². The first-order valence-corrected chi connectivity index (χ1v) is 8.99. The summed E-state index contributed by atoms with van der Waals surface area (Å²) in [5.74, 6) is 0.638. The van der Waals surface area contributed by atoms with Crippen LogP contribution in [0, 0.1) is 0 Å². The van der Waals surface area contributed by atoms with Gasteiger partial charge in [0.25, 0.3) is 5.56 Å². The molecular formula is C18H21N5O3. The van der Waals surface area contributed by atoms with E-state index >= 15 is 0 Å². The first-order valence-electron chi connectivity index (χ1n) is 8.99. The summed E-state index contributed by atoms with van der Waals surface area (Å²) < 4.78 is 6.39. The van der Waals surface area contributed by atoms with Crippen molar-refractivity contribution in [2.24, 2.45) is 5.10 Å². The second-order valence-corrected chi connectivity index (χ2v) is 6.47. The molecule has 4 heterocycles. The fraction of sp³-hybridized carbons (Fsp3) is 0.444. The Balaban J connectivity index is 1.80. The predicted octanol–water partition coefficient (Wildman–Crippen LogP) is 1.86. The Bertz CT molecular complexity index is 899. The Morgan fingerprint density at radius 1 is 1.08 bits per heavy atom. The first-order chi connectivity index (χ1) is 12.7. The van der Waals surface area contributed by atoms with Crippen molar-refractivity contribution in [3.05, 3.63) is 40.3 Å². The number of ether oxygens (including phenoxy) is 1. The van der Waals surface area contributed by atoms with Crippen molar-refractivity contribution in [1.82, 2.24) is 14.4 Å². The first kappa shape index (κ1) is 16.6. The predicted molar refractivity (Wildman–Crippen MR) is 97.8 cm³/mol. The van der Waals surface area contributed by atoms with Gasteiger partial charge in [0, 0.05) is 19.3 Å². The van der Waals surface area contributed by atoms with Gasteiger partial charge in [0.1, 0.15) is 23.6 Å². The maximum atomic E-state index is 13.0. The van der Waals surface area contributed by atoms with E-state index in [0.29, 0.717) is 30.2 Å². The van der Waals surface area contributed by atoms with Crippen LogP contribution < -0.4 is 10.5 Å². The van der Waals surface area contributed by atoms with E-state index < -0.39 is 6.09 Å². The molecule has 0 aliphatic carbocycles. The van der Waals surface area contributed by atoms with E-state index in [1.54, 1.807) is 12.3 Å². The molecule has 8 nitrogen and oxygen atoms in total. The molecule has 8 heteroatoms. The number of pyridine rings is 1. The largest absolute Gasteiger partial charge is 0.446 e. The number of carbonyl (C=O) groups excluding carboxylic acids is 1. The lowest BCUT2D eigenvalue weighted by Gasteiger charge is -2.23. The van der Waals surface area contributed by atoms with Crippen LogP contribution in [0.3, 0.4) is 0 Å². The molecule has 2 aliphatic heterocycles. The van der Waals surface area contributed by atoms with Gasteiger partial charge < -0.3 is 9.64 Å². The lowest BCUT2D eigenvalue weighted by Crippen LogP contribution is -2.31. The van der Waals surface area contributed by atoms with Gasteiger partial charge in [0.15, 0.2) is 0 Å². The molecule has 4 rings (SSSR count). The van der Waals surface area contributed by atoms with Crippen LogP contribution in [0.2, 0.25) is 0 Å². The highest BCUT2D eigenvalue weighted by Gasteiger charge is 2.22. The maximum Gasteiger partial charge on any atom is 0.430 e. The summed E-state index contributed by atoms with van der Waals surface area (Å²) in [6.07, 6.45) is 7.17. The van der Waals surface area contributed by atoms with Gasteiger partial charge in [0.2, 0.25) is 0 Å². The lowest BCUT2D eigenvalue weighted by molar-refractivity contribution is 0.159. The minimum Gasteiger partial charge on any atom is -0.446 e. The van der Waals surface area contributed by atoms with Crippen molar-refractivity contribution in [2.45, 2.75) is 25.7 Å². The molecule has 0 atom stereocenters. The number of carbonyl (C=O) groups is 1. The van der Waals surface area contributed by atoms with E-state index in [-0.39, 0.29) is 5.56 Å². The number of hydrogen-bond donors (Lipinski definition) is 0. The quantitative estimate of drug-likeness (QED) is 0.785. The number of cyclic esters (lactones) is 1. The topological polar surface area (TPSA) is 79.5 Å². The smallest absolute Gasteiger partial charge is 0.430 e. The summed E-state index contributed by atoms with van der Waals surface area (Å²) in [4.78, 5) is 31.5. The Kier molecular flexibility index (Phi) is 4.55. The molecule has 136 valence electrons. The van der Waals surface area contributed by atoms with E-state index in [0.717, 1.165) is 25.9 Å². The molecule has 2 saturated heterocycles. The van der Waals surface area contributed by atoms with Crippen LogP contribution in [0.1, 0.15) is 31.2 Å². The lowest BCUT2D eigenvalue weighted by atomic mass is 10.2. The fourth-order valence-corrected chi connectivity index (χ4v) is 3.35. The maximum absolute atomic E-state index is 13.0. The van der Waals surface area contributed by atoms with Gasteiger partial charge in [-0.15, -0.1) is 0 Å². The normalized spacial score (nSPS) is 18.5. The molecule has 26 heavy (non-hydrogen) atoms. The number of nitrogens with zero attached hydrogens (tertiary/aromatic N) is 5. The highest BCUT2D eigenvalue weighted by Crippen LogP contribution is 2.20. The van der Waals surface area contributed by atoms with Gasteiger partial charge in [-0.3, -0.25) is 9.20 Å². The molecule has 0 aromatic carbocycles. The number of amides is 1. The van der Waals surface area contributed by atoms with Gasteiger partial charge >= 0.3 is 6.09 Å². The molecule has 1 amide bonds. The molecule has 0 spiro atoms. The summed E-state index contributed by atoms with van der Waals surface area (Å²) in [7, 11) is 0. The van der Waals surface area contributed by atoms with Gasteiger partial charge in [-0.1, -0.05) is 18.9 Å². The molecule has 0 saturated carbocycles. The van der Waals surface area contributed by atoms with Gasteiger partial charge in [-0.2, -0.15) is 10.1 Å². The molecule has 0 radical (unpaired) electrons. The SMILES string of the molecule is O=C1OCCN1N=Cc1c(N2CCCCCC2)nc2ccccn2c1=O. The number of rotatable bonds is 3. The van der Waals surface area contributed by atoms with Crippen molar-refractivity contribution in [2.75, 3.05) is 31.1 Å². The van der Waals surface area contributed by atoms with Crippen LogP contribution in [0.5, 0.6) is 0 Å². The number of hydrazone groups is 1. The average molecular weight is 355 g/mol. The van der Waals surface area contributed by atoms with Crippen LogP contribution in [0.25, 0.3) is 5.65 Å². The minimum absolute atomic E-state index is 0.189. The van der Waals surface area contributed by atoms with Crippen molar-refractivity contribution in [3.63, 3.8) is 0 Å². The fourth-order valence-electron chi connectivity index (χ4n) is 3.35. The van der Waals surface area contributed by atoms with Gasteiger partial charge in [-0.05, 0) is 25.0 Å². The van der Waals surface area contributed by atoms with E-state index in [4.69, 9.17) is 9.72 Å². The van der Waals surface area contributed by atoms with E-state index in [1.807, 2.05) is 12.1 Å². The van der Waals surface area contributed by atoms with Crippen molar-refractivity contribution in [1.29, 1.82) is 0 Å². The second kappa shape index (κ2) is 7.15. The molecule has 2 aromatic rings. The average Bonchev–Trinajstić information content (AvgIpc) is 2.90. The summed E-state index contributed by atoms with van der Waals surface area (Å²) in [6, 6.07) is 5.48. The Hall–Kier alpha value is -2.90. The zero-order chi connectivity index (χ0) is 17.9. The van der Waals surface area contributed by atoms with E-state index in [9.17, 15) is 9.59 Å². The molecule has 2 fully saturated rings. The summed E-state index contributed by atoms with van der Waals surface area (Å²) >= 11 is 0. The highest BCUT2D eigenvalue weighted by molar-refractivity contribution is 5.87. The van der Waals surface area contributed by atoms with Gasteiger partial charge in [-0.25, -0.2) is 9.78 Å². The summed E-state index contributed by atoms with van der Waals surface area (Å²) in [5.41, 5.74) is 0.816. The summed E-state index contributed by atoms with van der Waals surface area (Å²) in [6.45, 7) is 2.42. The molecule has 2 aliphatic rings. The number of aromatic nitrogens is 2. The second-order valence-electron chi connectivity index (χ2n) is 6.47. The molecule has 0 bridgehead atoms. The summed E-state index contributed by atoms with van der Waals surface area (Å²) in [5, 5.41) is 5.40. The highest BCUT2D eigenvalue weighted by atomic mass is 16.6. The zero-order valence-electron chi connectivity index (χ0n) is 14.5. The Labute approximate surface area is 150 Å². The van der Waals surface area contributed by atoms with Crippen LogP contribution >= 0.6 is 0 Å². The third-order valence-corrected chi connectivity index (χ3v) is 4.72. The zero-order valence-corrected chi connectivity index (χ0v) is 14.5. The standard InChI is InChI=1S/C18H21N5O3/c24-17-14(13-19-23-11-12-26-18(23)25)16(21-8-4-1-2-5-9-21)20-15-7-3-6-10-22(15)17/h3,6-7,10,13H,1-2,4-5,8-9,11-12H2. The monoisotopic (exact) mass is 355 g/mol. The van der Waals surface area contributed by atoms with Crippen molar-refractivity contribution >= 4 is 23.8 Å². The third-order valence-electron chi connectivity index (χ3n) is 4.72. The van der Waals surface area contributed by atoms with Crippen LogP contribution in [0.15, 0.2) is 34.3 Å². The number of fused-ring (bicyclic) bond motifs is 1. The molecule has 0 unspecified atom stereocenters. The Morgan fingerprint density at radius 2 is 1.88 bits per heavy atom. The van der Waals surface area contributed by atoms with Crippen LogP contribution in [-0.4, -0.2) is 52.9 Å². The molecular weight excluding hydrogens is 334 g/mol. The van der Waals surface area contributed by atoms with Gasteiger partial charge in [0.05, 0.1) is 12.8 Å². The third kappa shape index (κ3) is 3.14. The molecule has 2 aromatic heterocycles. The van der Waals surface area contributed by atoms with Crippen LogP contribution in [0.4, 0.5) is 10.6 Å². The minimum atomic E-state index is -0.494. The molecule has 0 N–H and O–H groups in total. The Morgan fingerprint density at radius 3 is 2.62 bits per heavy atom. The van der Waals surface area contributed by atoms with Crippen molar-refractivity contribution < 1.29 is 9.53 Å². The number of hydrogen-bond acceptors (Lipinski definition) is 6. The number of anilines is 1. The van der Waals surface area contributed by atoms with Crippen molar-refractivity contribution in [3.8, 4) is 0 Å². The van der Waals surface area contributed by atoms with E-state index in [2.05, 4.69) is 10.0 Å². The van der Waals surface area contributed by atoms with Crippen LogP contribution in [-0.2, 0) is 4.74 Å².